The van der Waals surface area contributed by atoms with Gasteiger partial charge < -0.3 is 0 Å². The van der Waals surface area contributed by atoms with Crippen molar-refractivity contribution in [3.8, 4) is 0 Å². The predicted molar refractivity (Wildman–Crippen MR) is 104 cm³/mol. The number of benzene rings is 3. The first-order valence-electron chi connectivity index (χ1n) is 9.01. The quantitative estimate of drug-likeness (QED) is 0.613. The minimum Gasteiger partial charge on any atom is -0.267 e. The number of hydrogen-bond acceptors (Lipinski definition) is 2. The molecule has 4 rings (SSSR count). The maximum absolute atomic E-state index is 14.3. The molecule has 0 aromatic heterocycles. The molecule has 0 fully saturated rings. The molecule has 3 aromatic carbocycles. The van der Waals surface area contributed by atoms with Crippen molar-refractivity contribution >= 4 is 11.6 Å². The lowest BCUT2D eigenvalue weighted by Gasteiger charge is -2.22. The van der Waals surface area contributed by atoms with Crippen molar-refractivity contribution in [2.75, 3.05) is 0 Å². The molecule has 1 aliphatic heterocycles. The van der Waals surface area contributed by atoms with Gasteiger partial charge in [0.25, 0.3) is 5.91 Å². The monoisotopic (exact) mass is 376 g/mol. The van der Waals surface area contributed by atoms with Gasteiger partial charge in [0.05, 0.1) is 17.3 Å². The fourth-order valence-corrected chi connectivity index (χ4v) is 3.36. The minimum absolute atomic E-state index is 0.0573. The summed E-state index contributed by atoms with van der Waals surface area (Å²) in [7, 11) is 0. The lowest BCUT2D eigenvalue weighted by atomic mass is 9.97. The molecule has 3 aromatic rings. The second-order valence-corrected chi connectivity index (χ2v) is 6.79. The van der Waals surface area contributed by atoms with Gasteiger partial charge in [-0.2, -0.15) is 5.10 Å². The van der Waals surface area contributed by atoms with Gasteiger partial charge in [-0.1, -0.05) is 60.2 Å². The zero-order valence-corrected chi connectivity index (χ0v) is 15.3. The predicted octanol–water partition coefficient (Wildman–Crippen LogP) is 5.26. The number of amides is 1. The van der Waals surface area contributed by atoms with E-state index in [4.69, 9.17) is 0 Å². The smallest absolute Gasteiger partial charge is 0.267 e. The van der Waals surface area contributed by atoms with Crippen LogP contribution in [0.5, 0.6) is 0 Å². The first-order chi connectivity index (χ1) is 13.5. The molecule has 0 saturated carbocycles. The Bertz CT molecular complexity index is 1060. The first kappa shape index (κ1) is 18.0. The average Bonchev–Trinajstić information content (AvgIpc) is 3.14. The summed E-state index contributed by atoms with van der Waals surface area (Å²) in [6, 6.07) is 19.4. The Morgan fingerprint density at radius 1 is 0.929 bits per heavy atom. The Morgan fingerprint density at radius 2 is 1.57 bits per heavy atom. The second-order valence-electron chi connectivity index (χ2n) is 6.79. The van der Waals surface area contributed by atoms with Crippen molar-refractivity contribution in [2.24, 2.45) is 5.10 Å². The van der Waals surface area contributed by atoms with Gasteiger partial charge in [0.2, 0.25) is 0 Å². The number of hydrogen-bond donors (Lipinski definition) is 0. The van der Waals surface area contributed by atoms with Crippen LogP contribution in [-0.2, 0) is 0 Å². The summed E-state index contributed by atoms with van der Waals surface area (Å²) in [4.78, 5) is 13.1. The zero-order valence-electron chi connectivity index (χ0n) is 15.3. The third-order valence-corrected chi connectivity index (χ3v) is 4.87. The fourth-order valence-electron chi connectivity index (χ4n) is 3.36. The van der Waals surface area contributed by atoms with Crippen LogP contribution in [0.4, 0.5) is 8.78 Å². The topological polar surface area (TPSA) is 32.7 Å². The summed E-state index contributed by atoms with van der Waals surface area (Å²) in [5, 5.41) is 5.68. The molecular weight excluding hydrogens is 358 g/mol. The molecule has 0 aliphatic carbocycles. The molecule has 28 heavy (non-hydrogen) atoms. The summed E-state index contributed by atoms with van der Waals surface area (Å²) in [6.45, 7) is 1.97. The minimum atomic E-state index is -0.607. The molecule has 0 N–H and O–H groups in total. The van der Waals surface area contributed by atoms with E-state index in [1.54, 1.807) is 24.3 Å². The van der Waals surface area contributed by atoms with Gasteiger partial charge in [0.15, 0.2) is 0 Å². The van der Waals surface area contributed by atoms with E-state index in [-0.39, 0.29) is 5.56 Å². The maximum Gasteiger partial charge on any atom is 0.277 e. The summed E-state index contributed by atoms with van der Waals surface area (Å²) in [5.41, 5.74) is 2.71. The Hall–Kier alpha value is -3.34. The summed E-state index contributed by atoms with van der Waals surface area (Å²) >= 11 is 0. The Morgan fingerprint density at radius 3 is 2.25 bits per heavy atom. The van der Waals surface area contributed by atoms with E-state index >= 15 is 0 Å². The fraction of sp³-hybridized carbons (Fsp3) is 0.130. The maximum atomic E-state index is 14.3. The van der Waals surface area contributed by atoms with E-state index in [2.05, 4.69) is 5.10 Å². The summed E-state index contributed by atoms with van der Waals surface area (Å²) in [6.07, 6.45) is 0.351. The zero-order chi connectivity index (χ0) is 19.7. The lowest BCUT2D eigenvalue weighted by molar-refractivity contribution is 0.0706. The van der Waals surface area contributed by atoms with Gasteiger partial charge in [-0.05, 0) is 30.7 Å². The summed E-state index contributed by atoms with van der Waals surface area (Å²) in [5.74, 6) is -1.55. The van der Waals surface area contributed by atoms with E-state index in [9.17, 15) is 13.6 Å². The number of hydrazone groups is 1. The number of carbonyl (C=O) groups excluding carboxylic acids is 1. The number of carbonyl (C=O) groups is 1. The average molecular weight is 376 g/mol. The number of halogens is 2. The molecular formula is C23H18F2N2O. The largest absolute Gasteiger partial charge is 0.277 e. The Balaban J connectivity index is 1.77. The molecule has 1 aliphatic rings. The van der Waals surface area contributed by atoms with Gasteiger partial charge in [-0.25, -0.2) is 13.8 Å². The molecule has 0 radical (unpaired) electrons. The van der Waals surface area contributed by atoms with Gasteiger partial charge in [0, 0.05) is 12.0 Å². The molecule has 5 heteroatoms. The normalized spacial score (nSPS) is 16.2. The highest BCUT2D eigenvalue weighted by atomic mass is 19.1. The highest BCUT2D eigenvalue weighted by Gasteiger charge is 2.35. The van der Waals surface area contributed by atoms with E-state index in [0.29, 0.717) is 17.7 Å². The van der Waals surface area contributed by atoms with Crippen molar-refractivity contribution < 1.29 is 13.6 Å². The SMILES string of the molecule is Cc1ccc([C@H]2CC(c3ccccc3F)=NN2C(=O)c2ccccc2F)cc1. The third kappa shape index (κ3) is 3.31. The van der Waals surface area contributed by atoms with Crippen LogP contribution >= 0.6 is 0 Å². The number of rotatable bonds is 3. The third-order valence-electron chi connectivity index (χ3n) is 4.87. The van der Waals surface area contributed by atoms with E-state index in [1.165, 1.54) is 29.3 Å². The van der Waals surface area contributed by atoms with Crippen LogP contribution in [0.15, 0.2) is 77.9 Å². The van der Waals surface area contributed by atoms with Crippen LogP contribution < -0.4 is 0 Å². The molecule has 0 spiro atoms. The molecule has 0 saturated heterocycles. The molecule has 1 heterocycles. The van der Waals surface area contributed by atoms with E-state index < -0.39 is 23.6 Å². The Kier molecular flexibility index (Phi) is 4.74. The van der Waals surface area contributed by atoms with Gasteiger partial charge in [-0.3, -0.25) is 4.79 Å². The standard InChI is InChI=1S/C23H18F2N2O/c1-15-10-12-16(13-11-15)22-14-21(17-6-2-4-8-19(17)24)26-27(22)23(28)18-7-3-5-9-20(18)25/h2-13,22H,14H2,1H3/t22-/m1/s1. The molecule has 140 valence electrons. The highest BCUT2D eigenvalue weighted by molar-refractivity contribution is 6.05. The van der Waals surface area contributed by atoms with Crippen molar-refractivity contribution in [1.82, 2.24) is 5.01 Å². The molecule has 0 unspecified atom stereocenters. The number of aryl methyl sites for hydroxylation is 1. The van der Waals surface area contributed by atoms with Crippen LogP contribution in [0.3, 0.4) is 0 Å². The lowest BCUT2D eigenvalue weighted by Crippen LogP contribution is -2.27. The first-order valence-corrected chi connectivity index (χ1v) is 9.01. The number of nitrogens with zero attached hydrogens (tertiary/aromatic N) is 2. The Labute approximate surface area is 161 Å². The molecule has 0 bridgehead atoms. The highest BCUT2D eigenvalue weighted by Crippen LogP contribution is 2.34. The van der Waals surface area contributed by atoms with Gasteiger partial charge >= 0.3 is 0 Å². The van der Waals surface area contributed by atoms with Crippen molar-refractivity contribution in [3.63, 3.8) is 0 Å². The molecule has 3 nitrogen and oxygen atoms in total. The van der Waals surface area contributed by atoms with Crippen LogP contribution in [0.2, 0.25) is 0 Å². The molecule has 1 atom stereocenters. The summed E-state index contributed by atoms with van der Waals surface area (Å²) < 4.78 is 28.5. The van der Waals surface area contributed by atoms with Crippen LogP contribution in [0, 0.1) is 18.6 Å². The van der Waals surface area contributed by atoms with E-state index in [0.717, 1.165) is 11.1 Å². The van der Waals surface area contributed by atoms with E-state index in [1.807, 2.05) is 31.2 Å². The van der Waals surface area contributed by atoms with Gasteiger partial charge in [-0.15, -0.1) is 0 Å². The van der Waals surface area contributed by atoms with Crippen molar-refractivity contribution in [3.05, 3.63) is 107 Å². The van der Waals surface area contributed by atoms with Crippen LogP contribution in [-0.4, -0.2) is 16.6 Å². The van der Waals surface area contributed by atoms with Crippen molar-refractivity contribution in [2.45, 2.75) is 19.4 Å². The second kappa shape index (κ2) is 7.35. The van der Waals surface area contributed by atoms with Gasteiger partial charge in [0.1, 0.15) is 11.6 Å². The molecule has 1 amide bonds. The van der Waals surface area contributed by atoms with Crippen molar-refractivity contribution in [1.29, 1.82) is 0 Å². The van der Waals surface area contributed by atoms with Crippen LogP contribution in [0.1, 0.15) is 39.5 Å². The van der Waals surface area contributed by atoms with Crippen LogP contribution in [0.25, 0.3) is 0 Å².